The Bertz CT molecular complexity index is 990. The lowest BCUT2D eigenvalue weighted by atomic mass is 9.53. The number of nitrogens with two attached hydrogens (primary N) is 4. The molecule has 1 amide bonds. The highest BCUT2D eigenvalue weighted by Crippen LogP contribution is 2.55. The van der Waals surface area contributed by atoms with Crippen molar-refractivity contribution in [2.24, 2.45) is 39.7 Å². The third-order valence-electron chi connectivity index (χ3n) is 6.68. The number of ether oxygens (including phenoxy) is 1. The zero-order chi connectivity index (χ0) is 26.4. The van der Waals surface area contributed by atoms with Crippen molar-refractivity contribution in [1.29, 1.82) is 5.26 Å². The quantitative estimate of drug-likeness (QED) is 0.343. The summed E-state index contributed by atoms with van der Waals surface area (Å²) in [6.07, 6.45) is 6.46. The highest BCUT2D eigenvalue weighted by atomic mass is 35.5. The summed E-state index contributed by atoms with van der Waals surface area (Å²) in [5.41, 5.74) is 22.8. The SMILES string of the molecule is CC1(C)CC(C)(C)C1Oc1ccc(C#N)c(Cl)c1.NCC1CCN(/C(N)=C/C=C(\N)C(N)=O)CC1. The second kappa shape index (κ2) is 11.7. The van der Waals surface area contributed by atoms with Crippen molar-refractivity contribution in [2.75, 3.05) is 19.6 Å². The molecule has 1 aliphatic heterocycles. The number of nitriles is 1. The normalized spacial score (nSPS) is 20.2. The van der Waals surface area contributed by atoms with E-state index in [9.17, 15) is 4.79 Å². The molecule has 0 unspecified atom stereocenters. The number of amides is 1. The predicted octanol–water partition coefficient (Wildman–Crippen LogP) is 3.20. The lowest BCUT2D eigenvalue weighted by Crippen LogP contribution is -2.58. The van der Waals surface area contributed by atoms with E-state index in [-0.39, 0.29) is 22.6 Å². The van der Waals surface area contributed by atoms with E-state index in [2.05, 4.69) is 32.6 Å². The van der Waals surface area contributed by atoms with Gasteiger partial charge in [0.05, 0.1) is 22.1 Å². The van der Waals surface area contributed by atoms with Crippen molar-refractivity contribution < 1.29 is 9.53 Å². The highest BCUT2D eigenvalue weighted by Gasteiger charge is 2.54. The van der Waals surface area contributed by atoms with E-state index >= 15 is 0 Å². The van der Waals surface area contributed by atoms with Crippen molar-refractivity contribution in [3.8, 4) is 11.8 Å². The van der Waals surface area contributed by atoms with Gasteiger partial charge in [-0.25, -0.2) is 0 Å². The summed E-state index contributed by atoms with van der Waals surface area (Å²) >= 11 is 6.01. The largest absolute Gasteiger partial charge is 0.489 e. The van der Waals surface area contributed by atoms with Crippen LogP contribution >= 0.6 is 11.6 Å². The molecule has 2 aliphatic rings. The Kier molecular flexibility index (Phi) is 9.47. The Morgan fingerprint density at radius 3 is 2.23 bits per heavy atom. The van der Waals surface area contributed by atoms with Gasteiger partial charge in [-0.2, -0.15) is 5.26 Å². The number of piperidine rings is 1. The van der Waals surface area contributed by atoms with Gasteiger partial charge in [-0.1, -0.05) is 39.3 Å². The molecule has 0 spiro atoms. The Morgan fingerprint density at radius 1 is 1.17 bits per heavy atom. The zero-order valence-corrected chi connectivity index (χ0v) is 21.9. The number of rotatable bonds is 6. The minimum Gasteiger partial charge on any atom is -0.489 e. The summed E-state index contributed by atoms with van der Waals surface area (Å²) in [6.45, 7) is 11.4. The van der Waals surface area contributed by atoms with Crippen LogP contribution < -0.4 is 27.7 Å². The van der Waals surface area contributed by atoms with Crippen LogP contribution in [0.1, 0.15) is 52.5 Å². The lowest BCUT2D eigenvalue weighted by molar-refractivity contribution is -0.133. The molecule has 0 aromatic heterocycles. The molecule has 8 nitrogen and oxygen atoms in total. The van der Waals surface area contributed by atoms with Crippen LogP contribution in [0.4, 0.5) is 0 Å². The summed E-state index contributed by atoms with van der Waals surface area (Å²) in [7, 11) is 0. The van der Waals surface area contributed by atoms with E-state index in [1.54, 1.807) is 18.2 Å². The number of likely N-dealkylation sites (tertiary alicyclic amines) is 1. The second-order valence-electron chi connectivity index (χ2n) is 10.6. The van der Waals surface area contributed by atoms with Crippen LogP contribution in [0, 0.1) is 28.1 Å². The maximum atomic E-state index is 10.7. The van der Waals surface area contributed by atoms with Crippen molar-refractivity contribution in [2.45, 2.75) is 53.1 Å². The van der Waals surface area contributed by atoms with Gasteiger partial charge in [-0.15, -0.1) is 0 Å². The van der Waals surface area contributed by atoms with Gasteiger partial charge in [-0.05, 0) is 56.0 Å². The number of primary amides is 1. The van der Waals surface area contributed by atoms with Crippen LogP contribution in [-0.2, 0) is 4.79 Å². The number of allylic oxidation sites excluding steroid dienone is 2. The number of benzene rings is 1. The molecule has 1 saturated carbocycles. The number of nitrogens with zero attached hydrogens (tertiary/aromatic N) is 2. The van der Waals surface area contributed by atoms with Gasteiger partial charge in [0, 0.05) is 30.0 Å². The van der Waals surface area contributed by atoms with Gasteiger partial charge in [0.2, 0.25) is 0 Å². The molecule has 0 bridgehead atoms. The first kappa shape index (κ1) is 28.3. The summed E-state index contributed by atoms with van der Waals surface area (Å²) < 4.78 is 6.07. The molecular formula is C26H39ClN6O2. The fraction of sp³-hybridized carbons (Fsp3) is 0.538. The van der Waals surface area contributed by atoms with Crippen LogP contribution in [0.15, 0.2) is 41.9 Å². The minimum atomic E-state index is -0.643. The van der Waals surface area contributed by atoms with Gasteiger partial charge in [0.15, 0.2) is 0 Å². The maximum absolute atomic E-state index is 10.7. The van der Waals surface area contributed by atoms with E-state index in [1.807, 2.05) is 12.1 Å². The molecule has 1 aliphatic carbocycles. The molecule has 192 valence electrons. The topological polar surface area (TPSA) is 157 Å². The Hall–Kier alpha value is -2.89. The standard InChI is InChI=1S/C15H18ClNO.C11H21N5O/c1-14(2)9-15(3,4)13(14)18-11-6-5-10(8-17)12(16)7-11;12-7-8-3-5-16(6-4-8)10(14)2-1-9(13)11(15)17/h5-7,13H,9H2,1-4H3;1-2,8H,3-7,12-14H2,(H2,15,17)/b;9-1-,10-2+. The summed E-state index contributed by atoms with van der Waals surface area (Å²) in [6, 6.07) is 7.29. The van der Waals surface area contributed by atoms with Crippen molar-refractivity contribution >= 4 is 17.5 Å². The Balaban J connectivity index is 0.000000247. The van der Waals surface area contributed by atoms with Gasteiger partial charge in [0.1, 0.15) is 17.9 Å². The molecule has 1 aromatic carbocycles. The van der Waals surface area contributed by atoms with Crippen molar-refractivity contribution in [1.82, 2.24) is 4.90 Å². The van der Waals surface area contributed by atoms with Gasteiger partial charge >= 0.3 is 0 Å². The van der Waals surface area contributed by atoms with Crippen LogP contribution in [0.2, 0.25) is 5.02 Å². The number of hydrogen-bond donors (Lipinski definition) is 4. The number of halogens is 1. The molecule has 1 aromatic rings. The molecule has 0 atom stereocenters. The first-order valence-corrected chi connectivity index (χ1v) is 12.2. The van der Waals surface area contributed by atoms with E-state index in [1.165, 1.54) is 6.08 Å². The predicted molar refractivity (Wildman–Crippen MR) is 140 cm³/mol. The molecule has 3 rings (SSSR count). The third kappa shape index (κ3) is 7.55. The second-order valence-corrected chi connectivity index (χ2v) is 11.1. The average molecular weight is 503 g/mol. The number of hydrogen-bond acceptors (Lipinski definition) is 7. The Morgan fingerprint density at radius 2 is 1.77 bits per heavy atom. The van der Waals surface area contributed by atoms with Crippen molar-refractivity contribution in [3.05, 3.63) is 52.5 Å². The molecule has 0 radical (unpaired) electrons. The van der Waals surface area contributed by atoms with E-state index in [0.29, 0.717) is 22.3 Å². The molecule has 1 heterocycles. The minimum absolute atomic E-state index is 0.00444. The van der Waals surface area contributed by atoms with E-state index in [0.717, 1.165) is 44.6 Å². The molecule has 35 heavy (non-hydrogen) atoms. The first-order valence-electron chi connectivity index (χ1n) is 11.8. The van der Waals surface area contributed by atoms with Gasteiger partial charge in [-0.3, -0.25) is 4.79 Å². The number of carbonyl (C=O) groups is 1. The molecule has 2 fully saturated rings. The number of carbonyl (C=O) groups excluding carboxylic acids is 1. The van der Waals surface area contributed by atoms with Crippen LogP contribution in [0.5, 0.6) is 5.75 Å². The van der Waals surface area contributed by atoms with Gasteiger partial charge in [0.25, 0.3) is 5.91 Å². The first-order chi connectivity index (χ1) is 16.3. The molecule has 8 N–H and O–H groups in total. The Labute approximate surface area is 213 Å². The van der Waals surface area contributed by atoms with E-state index in [4.69, 9.17) is 44.5 Å². The molecular weight excluding hydrogens is 464 g/mol. The molecule has 1 saturated heterocycles. The fourth-order valence-corrected chi connectivity index (χ4v) is 5.40. The highest BCUT2D eigenvalue weighted by molar-refractivity contribution is 6.31. The zero-order valence-electron chi connectivity index (χ0n) is 21.2. The summed E-state index contributed by atoms with van der Waals surface area (Å²) in [5.74, 6) is 1.29. The summed E-state index contributed by atoms with van der Waals surface area (Å²) in [5, 5.41) is 9.29. The van der Waals surface area contributed by atoms with Crippen LogP contribution in [0.25, 0.3) is 0 Å². The maximum Gasteiger partial charge on any atom is 0.264 e. The summed E-state index contributed by atoms with van der Waals surface area (Å²) in [4.78, 5) is 12.8. The smallest absolute Gasteiger partial charge is 0.264 e. The molecule has 9 heteroatoms. The van der Waals surface area contributed by atoms with Crippen LogP contribution in [-0.4, -0.2) is 36.5 Å². The monoisotopic (exact) mass is 502 g/mol. The van der Waals surface area contributed by atoms with Crippen molar-refractivity contribution in [3.63, 3.8) is 0 Å². The third-order valence-corrected chi connectivity index (χ3v) is 6.99. The van der Waals surface area contributed by atoms with Gasteiger partial charge < -0.3 is 32.6 Å². The van der Waals surface area contributed by atoms with Crippen LogP contribution in [0.3, 0.4) is 0 Å². The van der Waals surface area contributed by atoms with E-state index < -0.39 is 5.91 Å². The fourth-order valence-electron chi connectivity index (χ4n) is 5.19. The average Bonchev–Trinajstić information content (AvgIpc) is 2.80. The lowest BCUT2D eigenvalue weighted by Gasteiger charge is -2.56.